The molecule has 1 aromatic carbocycles. The molecule has 1 spiro atoms. The van der Waals surface area contributed by atoms with Gasteiger partial charge in [0.1, 0.15) is 0 Å². The average molecular weight is 336 g/mol. The quantitative estimate of drug-likeness (QED) is 0.916. The highest BCUT2D eigenvalue weighted by Crippen LogP contribution is 2.41. The number of aromatic nitrogens is 2. The minimum Gasteiger partial charge on any atom is -0.356 e. The Labute approximate surface area is 148 Å². The van der Waals surface area contributed by atoms with E-state index in [1.54, 1.807) is 0 Å². The Kier molecular flexibility index (Phi) is 4.38. The van der Waals surface area contributed by atoms with Gasteiger partial charge >= 0.3 is 0 Å². The number of hydrogen-bond donors (Lipinski definition) is 1. The molecule has 2 aliphatic rings. The molecule has 1 N–H and O–H groups in total. The van der Waals surface area contributed by atoms with Crippen LogP contribution in [0, 0.1) is 5.41 Å². The number of anilines is 1. The van der Waals surface area contributed by atoms with E-state index in [4.69, 9.17) is 0 Å². The van der Waals surface area contributed by atoms with Gasteiger partial charge in [-0.3, -0.25) is 4.79 Å². The Hall–Kier alpha value is -2.43. The van der Waals surface area contributed by atoms with Crippen molar-refractivity contribution < 1.29 is 4.79 Å². The van der Waals surface area contributed by atoms with Crippen LogP contribution in [-0.2, 0) is 4.79 Å². The lowest BCUT2D eigenvalue weighted by molar-refractivity contribution is -0.120. The second-order valence-corrected chi connectivity index (χ2v) is 7.23. The Morgan fingerprint density at radius 2 is 1.72 bits per heavy atom. The summed E-state index contributed by atoms with van der Waals surface area (Å²) in [7, 11) is 0. The molecule has 0 atom stereocenters. The van der Waals surface area contributed by atoms with E-state index in [9.17, 15) is 4.79 Å². The smallest absolute Gasteiger partial charge is 0.220 e. The maximum absolute atomic E-state index is 11.6. The highest BCUT2D eigenvalue weighted by Gasteiger charge is 2.36. The van der Waals surface area contributed by atoms with Crippen LogP contribution in [-0.4, -0.2) is 35.7 Å². The molecule has 2 aromatic rings. The summed E-state index contributed by atoms with van der Waals surface area (Å²) in [6, 6.07) is 14.3. The molecule has 4 rings (SSSR count). The van der Waals surface area contributed by atoms with Gasteiger partial charge in [-0.2, -0.15) is 0 Å². The third-order valence-corrected chi connectivity index (χ3v) is 5.73. The van der Waals surface area contributed by atoms with Gasteiger partial charge in [0.2, 0.25) is 5.91 Å². The molecule has 0 unspecified atom stereocenters. The standard InChI is InChI=1S/C20H24N4O/c25-19-8-9-20(10-13-21-19)11-14-24(15-12-20)18-7-6-17(22-23-18)16-4-2-1-3-5-16/h1-7H,8-15H2,(H,21,25). The highest BCUT2D eigenvalue weighted by molar-refractivity contribution is 5.76. The minimum atomic E-state index is 0.210. The molecule has 5 heteroatoms. The SMILES string of the molecule is O=C1CCC2(CCN1)CCN(c1ccc(-c3ccccc3)nn1)CC2. The number of nitrogens with zero attached hydrogens (tertiary/aromatic N) is 3. The lowest BCUT2D eigenvalue weighted by atomic mass is 9.73. The van der Waals surface area contributed by atoms with Gasteiger partial charge < -0.3 is 10.2 Å². The van der Waals surface area contributed by atoms with E-state index in [1.165, 1.54) is 0 Å². The molecule has 0 aliphatic carbocycles. The molecule has 2 aliphatic heterocycles. The predicted molar refractivity (Wildman–Crippen MR) is 98.2 cm³/mol. The first kappa shape index (κ1) is 16.1. The van der Waals surface area contributed by atoms with E-state index in [0.717, 1.165) is 62.4 Å². The van der Waals surface area contributed by atoms with Gasteiger partial charge in [0.15, 0.2) is 5.82 Å². The van der Waals surface area contributed by atoms with E-state index in [0.29, 0.717) is 11.8 Å². The molecule has 0 radical (unpaired) electrons. The van der Waals surface area contributed by atoms with Crippen molar-refractivity contribution in [2.24, 2.45) is 5.41 Å². The van der Waals surface area contributed by atoms with E-state index in [-0.39, 0.29) is 5.91 Å². The highest BCUT2D eigenvalue weighted by atomic mass is 16.1. The molecule has 1 aromatic heterocycles. The first-order chi connectivity index (χ1) is 12.2. The van der Waals surface area contributed by atoms with Gasteiger partial charge in [-0.05, 0) is 43.2 Å². The monoisotopic (exact) mass is 336 g/mol. The van der Waals surface area contributed by atoms with E-state index in [2.05, 4.69) is 44.7 Å². The van der Waals surface area contributed by atoms with E-state index in [1.807, 2.05) is 18.2 Å². The van der Waals surface area contributed by atoms with Gasteiger partial charge in [0.25, 0.3) is 0 Å². The maximum atomic E-state index is 11.6. The third kappa shape index (κ3) is 3.50. The lowest BCUT2D eigenvalue weighted by Crippen LogP contribution is -2.41. The first-order valence-corrected chi connectivity index (χ1v) is 9.15. The average Bonchev–Trinajstić information content (AvgIpc) is 2.85. The number of piperidine rings is 1. The van der Waals surface area contributed by atoms with Crippen molar-refractivity contribution in [3.63, 3.8) is 0 Å². The summed E-state index contributed by atoms with van der Waals surface area (Å²) in [5, 5.41) is 11.9. The summed E-state index contributed by atoms with van der Waals surface area (Å²) in [4.78, 5) is 13.9. The van der Waals surface area contributed by atoms with Crippen molar-refractivity contribution >= 4 is 11.7 Å². The molecule has 1 amide bonds. The first-order valence-electron chi connectivity index (χ1n) is 9.15. The largest absolute Gasteiger partial charge is 0.356 e. The van der Waals surface area contributed by atoms with Crippen LogP contribution in [0.5, 0.6) is 0 Å². The second kappa shape index (κ2) is 6.82. The topological polar surface area (TPSA) is 58.1 Å². The molecule has 130 valence electrons. The van der Waals surface area contributed by atoms with Crippen molar-refractivity contribution in [2.45, 2.75) is 32.1 Å². The van der Waals surface area contributed by atoms with Gasteiger partial charge in [-0.1, -0.05) is 30.3 Å². The number of amides is 1. The number of nitrogens with one attached hydrogen (secondary N) is 1. The number of benzene rings is 1. The second-order valence-electron chi connectivity index (χ2n) is 7.23. The Bertz CT molecular complexity index is 721. The van der Waals surface area contributed by atoms with Crippen LogP contribution in [0.3, 0.4) is 0 Å². The zero-order valence-corrected chi connectivity index (χ0v) is 14.4. The summed E-state index contributed by atoms with van der Waals surface area (Å²) in [6.45, 7) is 2.81. The zero-order chi connectivity index (χ0) is 17.1. The third-order valence-electron chi connectivity index (χ3n) is 5.73. The number of carbonyl (C=O) groups excluding carboxylic acids is 1. The summed E-state index contributed by atoms with van der Waals surface area (Å²) in [6.07, 6.45) is 5.05. The van der Waals surface area contributed by atoms with Crippen LogP contribution in [0.4, 0.5) is 5.82 Å². The normalized spacial score (nSPS) is 20.2. The number of rotatable bonds is 2. The molecular weight excluding hydrogens is 312 g/mol. The molecule has 25 heavy (non-hydrogen) atoms. The van der Waals surface area contributed by atoms with E-state index >= 15 is 0 Å². The molecule has 5 nitrogen and oxygen atoms in total. The molecule has 3 heterocycles. The maximum Gasteiger partial charge on any atom is 0.220 e. The fourth-order valence-corrected chi connectivity index (χ4v) is 4.03. The van der Waals surface area contributed by atoms with Crippen LogP contribution >= 0.6 is 0 Å². The van der Waals surface area contributed by atoms with Gasteiger partial charge in [-0.25, -0.2) is 0 Å². The summed E-state index contributed by atoms with van der Waals surface area (Å²) in [5.74, 6) is 1.17. The molecule has 2 fully saturated rings. The van der Waals surface area contributed by atoms with Gasteiger partial charge in [0.05, 0.1) is 5.69 Å². The summed E-state index contributed by atoms with van der Waals surface area (Å²) in [5.41, 5.74) is 2.33. The molecule has 2 saturated heterocycles. The van der Waals surface area contributed by atoms with Crippen LogP contribution in [0.1, 0.15) is 32.1 Å². The summed E-state index contributed by atoms with van der Waals surface area (Å²) >= 11 is 0. The van der Waals surface area contributed by atoms with Crippen LogP contribution in [0.15, 0.2) is 42.5 Å². The van der Waals surface area contributed by atoms with Crippen molar-refractivity contribution in [1.29, 1.82) is 0 Å². The lowest BCUT2D eigenvalue weighted by Gasteiger charge is -2.41. The molecule has 0 bridgehead atoms. The van der Waals surface area contributed by atoms with E-state index < -0.39 is 0 Å². The van der Waals surface area contributed by atoms with Crippen LogP contribution in [0.25, 0.3) is 11.3 Å². The minimum absolute atomic E-state index is 0.210. The van der Waals surface area contributed by atoms with Gasteiger partial charge in [-0.15, -0.1) is 10.2 Å². The van der Waals surface area contributed by atoms with Crippen molar-refractivity contribution in [1.82, 2.24) is 15.5 Å². The Balaban J connectivity index is 1.41. The zero-order valence-electron chi connectivity index (χ0n) is 14.4. The Morgan fingerprint density at radius 1 is 0.920 bits per heavy atom. The molecular formula is C20H24N4O. The molecule has 0 saturated carbocycles. The predicted octanol–water partition coefficient (Wildman–Crippen LogP) is 3.03. The number of hydrogen-bond acceptors (Lipinski definition) is 4. The van der Waals surface area contributed by atoms with Crippen molar-refractivity contribution in [2.75, 3.05) is 24.5 Å². The van der Waals surface area contributed by atoms with Gasteiger partial charge in [0, 0.05) is 31.6 Å². The Morgan fingerprint density at radius 3 is 2.44 bits per heavy atom. The van der Waals surface area contributed by atoms with Crippen LogP contribution in [0.2, 0.25) is 0 Å². The fourth-order valence-electron chi connectivity index (χ4n) is 4.03. The van der Waals surface area contributed by atoms with Crippen molar-refractivity contribution in [3.8, 4) is 11.3 Å². The van der Waals surface area contributed by atoms with Crippen LogP contribution < -0.4 is 10.2 Å². The number of carbonyl (C=O) groups is 1. The summed E-state index contributed by atoms with van der Waals surface area (Å²) < 4.78 is 0. The fraction of sp³-hybridized carbons (Fsp3) is 0.450. The van der Waals surface area contributed by atoms with Crippen molar-refractivity contribution in [3.05, 3.63) is 42.5 Å².